The number of benzene rings is 1. The number of piperidine rings is 1. The summed E-state index contributed by atoms with van der Waals surface area (Å²) in [6.07, 6.45) is -2.45. The fourth-order valence-corrected chi connectivity index (χ4v) is 4.24. The molecule has 2 aliphatic rings. The number of aromatic nitrogens is 2. The van der Waals surface area contributed by atoms with Crippen LogP contribution in [0.3, 0.4) is 0 Å². The van der Waals surface area contributed by atoms with Crippen LogP contribution in [-0.2, 0) is 6.18 Å². The molecule has 1 unspecified atom stereocenters. The second kappa shape index (κ2) is 8.25. The third-order valence-electron chi connectivity index (χ3n) is 5.91. The minimum atomic E-state index is -4.34. The Labute approximate surface area is 172 Å². The zero-order valence-corrected chi connectivity index (χ0v) is 16.7. The average Bonchev–Trinajstić information content (AvgIpc) is 3.19. The van der Waals surface area contributed by atoms with Crippen LogP contribution in [0.2, 0.25) is 0 Å². The van der Waals surface area contributed by atoms with E-state index in [9.17, 15) is 18.0 Å². The Morgan fingerprint density at radius 2 is 1.90 bits per heavy atom. The van der Waals surface area contributed by atoms with Crippen LogP contribution in [-0.4, -0.2) is 71.3 Å². The molecule has 2 aromatic rings. The van der Waals surface area contributed by atoms with E-state index in [0.29, 0.717) is 37.6 Å². The van der Waals surface area contributed by atoms with Gasteiger partial charge in [-0.2, -0.15) is 13.2 Å². The Morgan fingerprint density at radius 1 is 1.13 bits per heavy atom. The SMILES string of the molecule is Cc1nonc1C(=O)N1CCCC(N2CCN(c3cccc(C(F)(F)F)c3)CC2)C1. The number of piperazine rings is 1. The van der Waals surface area contributed by atoms with Crippen molar-refractivity contribution < 1.29 is 22.6 Å². The van der Waals surface area contributed by atoms with Crippen molar-refractivity contribution in [1.82, 2.24) is 20.1 Å². The van der Waals surface area contributed by atoms with Gasteiger partial charge in [-0.05, 0) is 43.1 Å². The van der Waals surface area contributed by atoms with Gasteiger partial charge in [-0.1, -0.05) is 11.2 Å². The summed E-state index contributed by atoms with van der Waals surface area (Å²) in [6, 6.07) is 5.71. The van der Waals surface area contributed by atoms with Crippen molar-refractivity contribution in [2.45, 2.75) is 32.0 Å². The first-order valence-electron chi connectivity index (χ1n) is 10.1. The minimum Gasteiger partial charge on any atom is -0.369 e. The number of aryl methyl sites for hydroxylation is 1. The maximum Gasteiger partial charge on any atom is 0.416 e. The highest BCUT2D eigenvalue weighted by atomic mass is 19.4. The van der Waals surface area contributed by atoms with Gasteiger partial charge in [0.2, 0.25) is 0 Å². The van der Waals surface area contributed by atoms with Crippen LogP contribution in [0.25, 0.3) is 0 Å². The molecule has 0 aliphatic carbocycles. The molecule has 1 aromatic heterocycles. The average molecular weight is 423 g/mol. The van der Waals surface area contributed by atoms with E-state index in [1.165, 1.54) is 12.1 Å². The quantitative estimate of drug-likeness (QED) is 0.757. The number of carbonyl (C=O) groups is 1. The van der Waals surface area contributed by atoms with Crippen molar-refractivity contribution in [2.75, 3.05) is 44.2 Å². The first-order valence-corrected chi connectivity index (χ1v) is 10.1. The number of alkyl halides is 3. The molecule has 10 heteroatoms. The molecule has 0 radical (unpaired) electrons. The van der Waals surface area contributed by atoms with Gasteiger partial charge in [-0.25, -0.2) is 4.63 Å². The third kappa shape index (κ3) is 4.28. The molecule has 162 valence electrons. The standard InChI is InChI=1S/C20H24F3N5O2/c1-14-18(25-30-24-14)19(29)28-7-3-6-17(13-28)27-10-8-26(9-11-27)16-5-2-4-15(12-16)20(21,22)23/h2,4-5,12,17H,3,6-11,13H2,1H3. The highest BCUT2D eigenvalue weighted by molar-refractivity contribution is 5.93. The summed E-state index contributed by atoms with van der Waals surface area (Å²) in [4.78, 5) is 18.8. The van der Waals surface area contributed by atoms with Gasteiger partial charge < -0.3 is 9.80 Å². The molecule has 2 fully saturated rings. The lowest BCUT2D eigenvalue weighted by Gasteiger charge is -2.43. The van der Waals surface area contributed by atoms with Gasteiger partial charge in [0, 0.05) is 51.0 Å². The Balaban J connectivity index is 1.36. The lowest BCUT2D eigenvalue weighted by molar-refractivity contribution is -0.137. The van der Waals surface area contributed by atoms with Crippen LogP contribution in [0.5, 0.6) is 0 Å². The Morgan fingerprint density at radius 3 is 2.57 bits per heavy atom. The zero-order chi connectivity index (χ0) is 21.3. The fourth-order valence-electron chi connectivity index (χ4n) is 4.24. The lowest BCUT2D eigenvalue weighted by Crippen LogP contribution is -2.56. The molecule has 2 saturated heterocycles. The normalized spacial score (nSPS) is 21.1. The number of amides is 1. The predicted octanol–water partition coefficient (Wildman–Crippen LogP) is 2.82. The molecular formula is C20H24F3N5O2. The molecular weight excluding hydrogens is 399 g/mol. The van der Waals surface area contributed by atoms with Crippen molar-refractivity contribution in [3.63, 3.8) is 0 Å². The van der Waals surface area contributed by atoms with E-state index >= 15 is 0 Å². The van der Waals surface area contributed by atoms with E-state index in [1.807, 2.05) is 4.90 Å². The minimum absolute atomic E-state index is 0.166. The first-order chi connectivity index (χ1) is 14.3. The summed E-state index contributed by atoms with van der Waals surface area (Å²) in [6.45, 7) is 5.76. The van der Waals surface area contributed by atoms with E-state index < -0.39 is 11.7 Å². The number of anilines is 1. The summed E-state index contributed by atoms with van der Waals surface area (Å²) in [5, 5.41) is 7.40. The second-order valence-corrected chi connectivity index (χ2v) is 7.82. The predicted molar refractivity (Wildman–Crippen MR) is 103 cm³/mol. The zero-order valence-electron chi connectivity index (χ0n) is 16.7. The van der Waals surface area contributed by atoms with E-state index in [1.54, 1.807) is 17.9 Å². The highest BCUT2D eigenvalue weighted by Gasteiger charge is 2.33. The van der Waals surface area contributed by atoms with Gasteiger partial charge in [0.05, 0.1) is 5.56 Å². The van der Waals surface area contributed by atoms with Crippen LogP contribution in [0.4, 0.5) is 18.9 Å². The van der Waals surface area contributed by atoms with Gasteiger partial charge in [-0.3, -0.25) is 9.69 Å². The number of hydrogen-bond donors (Lipinski definition) is 0. The maximum absolute atomic E-state index is 13.0. The number of halogens is 3. The monoisotopic (exact) mass is 423 g/mol. The van der Waals surface area contributed by atoms with Crippen molar-refractivity contribution in [3.8, 4) is 0 Å². The number of hydrogen-bond acceptors (Lipinski definition) is 6. The molecule has 7 nitrogen and oxygen atoms in total. The summed E-state index contributed by atoms with van der Waals surface area (Å²) in [7, 11) is 0. The van der Waals surface area contributed by atoms with Crippen LogP contribution in [0.15, 0.2) is 28.9 Å². The Kier molecular flexibility index (Phi) is 5.68. The summed E-state index contributed by atoms with van der Waals surface area (Å²) in [5.74, 6) is -0.166. The van der Waals surface area contributed by atoms with Gasteiger partial charge in [-0.15, -0.1) is 0 Å². The summed E-state index contributed by atoms with van der Waals surface area (Å²) >= 11 is 0. The second-order valence-electron chi connectivity index (χ2n) is 7.82. The van der Waals surface area contributed by atoms with E-state index in [4.69, 9.17) is 0 Å². The molecule has 0 saturated carbocycles. The molecule has 4 rings (SSSR count). The summed E-state index contributed by atoms with van der Waals surface area (Å²) in [5.41, 5.74) is 0.710. The van der Waals surface area contributed by atoms with Gasteiger partial charge in [0.15, 0.2) is 5.69 Å². The van der Waals surface area contributed by atoms with Gasteiger partial charge in [0.1, 0.15) is 5.69 Å². The molecule has 0 bridgehead atoms. The largest absolute Gasteiger partial charge is 0.416 e. The fraction of sp³-hybridized carbons (Fsp3) is 0.550. The number of likely N-dealkylation sites (tertiary alicyclic amines) is 1. The summed E-state index contributed by atoms with van der Waals surface area (Å²) < 4.78 is 43.6. The van der Waals surface area contributed by atoms with Crippen molar-refractivity contribution in [3.05, 3.63) is 41.2 Å². The smallest absolute Gasteiger partial charge is 0.369 e. The lowest BCUT2D eigenvalue weighted by atomic mass is 10.0. The van der Waals surface area contributed by atoms with E-state index in [-0.39, 0.29) is 17.6 Å². The topological polar surface area (TPSA) is 65.7 Å². The number of carbonyl (C=O) groups excluding carboxylic acids is 1. The van der Waals surface area contributed by atoms with E-state index in [2.05, 4.69) is 19.8 Å². The van der Waals surface area contributed by atoms with Gasteiger partial charge in [0.25, 0.3) is 5.91 Å². The molecule has 0 N–H and O–H groups in total. The third-order valence-corrected chi connectivity index (χ3v) is 5.91. The van der Waals surface area contributed by atoms with Crippen LogP contribution in [0.1, 0.15) is 34.6 Å². The van der Waals surface area contributed by atoms with Crippen molar-refractivity contribution in [2.24, 2.45) is 0 Å². The Hall–Kier alpha value is -2.62. The van der Waals surface area contributed by atoms with Gasteiger partial charge >= 0.3 is 6.18 Å². The molecule has 1 atom stereocenters. The molecule has 1 aromatic carbocycles. The molecule has 0 spiro atoms. The molecule has 30 heavy (non-hydrogen) atoms. The van der Waals surface area contributed by atoms with Crippen molar-refractivity contribution >= 4 is 11.6 Å². The molecule has 2 aliphatic heterocycles. The van der Waals surface area contributed by atoms with Crippen molar-refractivity contribution in [1.29, 1.82) is 0 Å². The Bertz CT molecular complexity index is 893. The van der Waals surface area contributed by atoms with E-state index in [0.717, 1.165) is 32.0 Å². The molecule has 1 amide bonds. The molecule has 3 heterocycles. The number of rotatable bonds is 3. The van der Waals surface area contributed by atoms with Crippen LogP contribution >= 0.6 is 0 Å². The van der Waals surface area contributed by atoms with Crippen LogP contribution in [0, 0.1) is 6.92 Å². The van der Waals surface area contributed by atoms with Crippen LogP contribution < -0.4 is 4.90 Å². The maximum atomic E-state index is 13.0. The number of nitrogens with zero attached hydrogens (tertiary/aromatic N) is 5. The highest BCUT2D eigenvalue weighted by Crippen LogP contribution is 2.32. The first kappa shape index (κ1) is 20.6.